The molecular formula is C18H22ClN3O2. The molecule has 2 aromatic rings. The fraction of sp³-hybridized carbons (Fsp3) is 0.444. The third-order valence-electron chi connectivity index (χ3n) is 3.93. The van der Waals surface area contributed by atoms with E-state index in [0.29, 0.717) is 11.6 Å². The van der Waals surface area contributed by atoms with Gasteiger partial charge in [-0.3, -0.25) is 4.90 Å². The van der Waals surface area contributed by atoms with Gasteiger partial charge in [-0.1, -0.05) is 23.7 Å². The van der Waals surface area contributed by atoms with Crippen molar-refractivity contribution in [3.63, 3.8) is 0 Å². The van der Waals surface area contributed by atoms with Crippen molar-refractivity contribution in [2.24, 2.45) is 0 Å². The minimum Gasteiger partial charge on any atom is -0.444 e. The van der Waals surface area contributed by atoms with Crippen molar-refractivity contribution in [2.45, 2.75) is 45.3 Å². The van der Waals surface area contributed by atoms with Gasteiger partial charge in [0.05, 0.1) is 17.9 Å². The van der Waals surface area contributed by atoms with Gasteiger partial charge in [-0.25, -0.2) is 9.78 Å². The van der Waals surface area contributed by atoms with Gasteiger partial charge in [-0.05, 0) is 45.7 Å². The summed E-state index contributed by atoms with van der Waals surface area (Å²) in [5.41, 5.74) is 1.37. The predicted octanol–water partition coefficient (Wildman–Crippen LogP) is 4.80. The second-order valence-electron chi connectivity index (χ2n) is 7.02. The van der Waals surface area contributed by atoms with E-state index in [-0.39, 0.29) is 12.1 Å². The number of H-pyrrole nitrogens is 1. The summed E-state index contributed by atoms with van der Waals surface area (Å²) in [5.74, 6) is 0.785. The molecule has 0 unspecified atom stereocenters. The predicted molar refractivity (Wildman–Crippen MR) is 93.9 cm³/mol. The number of ether oxygens (including phenoxy) is 1. The molecule has 24 heavy (non-hydrogen) atoms. The first-order chi connectivity index (χ1) is 11.3. The van der Waals surface area contributed by atoms with Crippen molar-refractivity contribution in [2.75, 3.05) is 6.54 Å². The average Bonchev–Trinajstić information content (AvgIpc) is 3.14. The zero-order valence-corrected chi connectivity index (χ0v) is 14.9. The molecule has 128 valence electrons. The summed E-state index contributed by atoms with van der Waals surface area (Å²) >= 11 is 6.05. The zero-order valence-electron chi connectivity index (χ0n) is 14.2. The molecule has 2 heterocycles. The standard InChI is InChI=1S/C18H22ClN3O2/c1-18(2,3)24-17(23)22-9-5-8-15(22)16-20-11-14(21-16)12-6-4-7-13(19)10-12/h4,6-7,10-11,15H,5,8-9H2,1-3H3,(H,20,21)/t15-/m0/s1. The summed E-state index contributed by atoms with van der Waals surface area (Å²) in [6.07, 6.45) is 3.32. The smallest absolute Gasteiger partial charge is 0.410 e. The molecule has 3 rings (SSSR count). The van der Waals surface area contributed by atoms with Crippen molar-refractivity contribution >= 4 is 17.7 Å². The summed E-state index contributed by atoms with van der Waals surface area (Å²) in [4.78, 5) is 22.0. The number of halogens is 1. The molecule has 0 bridgehead atoms. The van der Waals surface area contributed by atoms with Gasteiger partial charge >= 0.3 is 6.09 Å². The number of benzene rings is 1. The molecule has 1 atom stereocenters. The molecule has 1 aromatic heterocycles. The van der Waals surface area contributed by atoms with E-state index >= 15 is 0 Å². The number of carbonyl (C=O) groups is 1. The van der Waals surface area contributed by atoms with Crippen molar-refractivity contribution in [1.82, 2.24) is 14.9 Å². The van der Waals surface area contributed by atoms with Crippen molar-refractivity contribution in [3.8, 4) is 11.3 Å². The van der Waals surface area contributed by atoms with Crippen molar-refractivity contribution in [1.29, 1.82) is 0 Å². The molecule has 1 aliphatic heterocycles. The van der Waals surface area contributed by atoms with Gasteiger partial charge < -0.3 is 9.72 Å². The summed E-state index contributed by atoms with van der Waals surface area (Å²) in [6, 6.07) is 7.53. The Hall–Kier alpha value is -2.01. The Labute approximate surface area is 147 Å². The lowest BCUT2D eigenvalue weighted by Crippen LogP contribution is -2.36. The van der Waals surface area contributed by atoms with Gasteiger partial charge in [0.2, 0.25) is 0 Å². The number of aromatic nitrogens is 2. The Morgan fingerprint density at radius 3 is 2.92 bits per heavy atom. The SMILES string of the molecule is CC(C)(C)OC(=O)N1CCC[C@H]1c1ncc(-c2cccc(Cl)c2)[nH]1. The van der Waals surface area contributed by atoms with Crippen LogP contribution in [0.5, 0.6) is 0 Å². The molecule has 5 nitrogen and oxygen atoms in total. The average molecular weight is 348 g/mol. The number of aromatic amines is 1. The third kappa shape index (κ3) is 3.73. The topological polar surface area (TPSA) is 58.2 Å². The highest BCUT2D eigenvalue weighted by Gasteiger charge is 2.34. The van der Waals surface area contributed by atoms with Crippen LogP contribution in [0.4, 0.5) is 4.79 Å². The first-order valence-electron chi connectivity index (χ1n) is 8.14. The zero-order chi connectivity index (χ0) is 17.3. The maximum Gasteiger partial charge on any atom is 0.410 e. The monoisotopic (exact) mass is 347 g/mol. The van der Waals surface area contributed by atoms with E-state index in [0.717, 1.165) is 29.9 Å². The highest BCUT2D eigenvalue weighted by Crippen LogP contribution is 2.33. The van der Waals surface area contributed by atoms with E-state index < -0.39 is 5.60 Å². The van der Waals surface area contributed by atoms with Crippen LogP contribution in [0, 0.1) is 0 Å². The first kappa shape index (κ1) is 16.8. The number of nitrogens with one attached hydrogen (secondary N) is 1. The first-order valence-corrected chi connectivity index (χ1v) is 8.52. The van der Waals surface area contributed by atoms with E-state index in [1.54, 1.807) is 11.1 Å². The molecule has 0 aliphatic carbocycles. The molecule has 1 aliphatic rings. The summed E-state index contributed by atoms with van der Waals surface area (Å²) < 4.78 is 5.51. The lowest BCUT2D eigenvalue weighted by atomic mass is 10.2. The maximum absolute atomic E-state index is 12.4. The fourth-order valence-electron chi connectivity index (χ4n) is 2.90. The van der Waals surface area contributed by atoms with Crippen LogP contribution < -0.4 is 0 Å². The van der Waals surface area contributed by atoms with Crippen LogP contribution in [0.1, 0.15) is 45.5 Å². The van der Waals surface area contributed by atoms with Crippen LogP contribution in [0.3, 0.4) is 0 Å². The quantitative estimate of drug-likeness (QED) is 0.848. The molecule has 1 N–H and O–H groups in total. The maximum atomic E-state index is 12.4. The van der Waals surface area contributed by atoms with Crippen LogP contribution in [0.2, 0.25) is 5.02 Å². The molecule has 1 saturated heterocycles. The number of imidazole rings is 1. The van der Waals surface area contributed by atoms with Gasteiger partial charge in [-0.2, -0.15) is 0 Å². The Morgan fingerprint density at radius 1 is 1.42 bits per heavy atom. The number of carbonyl (C=O) groups excluding carboxylic acids is 1. The van der Waals surface area contributed by atoms with E-state index in [1.165, 1.54) is 0 Å². The van der Waals surface area contributed by atoms with E-state index in [1.807, 2.05) is 45.0 Å². The minimum atomic E-state index is -0.501. The van der Waals surface area contributed by atoms with Gasteiger partial charge in [0, 0.05) is 17.1 Å². The van der Waals surface area contributed by atoms with E-state index in [9.17, 15) is 4.79 Å². The fourth-order valence-corrected chi connectivity index (χ4v) is 3.09. The summed E-state index contributed by atoms with van der Waals surface area (Å²) in [7, 11) is 0. The molecule has 0 spiro atoms. The second kappa shape index (κ2) is 6.48. The molecule has 1 amide bonds. The highest BCUT2D eigenvalue weighted by atomic mass is 35.5. The molecular weight excluding hydrogens is 326 g/mol. The highest BCUT2D eigenvalue weighted by molar-refractivity contribution is 6.30. The van der Waals surface area contributed by atoms with Crippen LogP contribution in [0.15, 0.2) is 30.5 Å². The number of hydrogen-bond donors (Lipinski definition) is 1. The summed E-state index contributed by atoms with van der Waals surface area (Å²) in [5, 5.41) is 0.680. The summed E-state index contributed by atoms with van der Waals surface area (Å²) in [6.45, 7) is 6.31. The normalized spacial score (nSPS) is 18.0. The second-order valence-corrected chi connectivity index (χ2v) is 7.46. The lowest BCUT2D eigenvalue weighted by molar-refractivity contribution is 0.0219. The van der Waals surface area contributed by atoms with E-state index in [2.05, 4.69) is 9.97 Å². The molecule has 1 fully saturated rings. The number of nitrogens with zero attached hydrogens (tertiary/aromatic N) is 2. The Morgan fingerprint density at radius 2 is 2.21 bits per heavy atom. The van der Waals surface area contributed by atoms with Gasteiger partial charge in [0.15, 0.2) is 0 Å². The number of rotatable bonds is 2. The van der Waals surface area contributed by atoms with Crippen LogP contribution in [-0.4, -0.2) is 33.1 Å². The third-order valence-corrected chi connectivity index (χ3v) is 4.16. The number of likely N-dealkylation sites (tertiary alicyclic amines) is 1. The Kier molecular flexibility index (Phi) is 4.54. The molecule has 6 heteroatoms. The molecule has 0 saturated carbocycles. The number of hydrogen-bond acceptors (Lipinski definition) is 3. The number of amides is 1. The lowest BCUT2D eigenvalue weighted by Gasteiger charge is -2.27. The van der Waals surface area contributed by atoms with Crippen molar-refractivity contribution < 1.29 is 9.53 Å². The van der Waals surface area contributed by atoms with Crippen LogP contribution in [-0.2, 0) is 4.74 Å². The van der Waals surface area contributed by atoms with Gasteiger partial charge in [-0.15, -0.1) is 0 Å². The molecule has 1 aromatic carbocycles. The van der Waals surface area contributed by atoms with E-state index in [4.69, 9.17) is 16.3 Å². The Bertz CT molecular complexity index is 736. The van der Waals surface area contributed by atoms with Crippen LogP contribution >= 0.6 is 11.6 Å². The minimum absolute atomic E-state index is 0.0761. The van der Waals surface area contributed by atoms with Crippen molar-refractivity contribution in [3.05, 3.63) is 41.3 Å². The van der Waals surface area contributed by atoms with Gasteiger partial charge in [0.1, 0.15) is 11.4 Å². The Balaban J connectivity index is 1.80. The molecule has 0 radical (unpaired) electrons. The largest absolute Gasteiger partial charge is 0.444 e. The van der Waals surface area contributed by atoms with Gasteiger partial charge in [0.25, 0.3) is 0 Å². The van der Waals surface area contributed by atoms with Crippen LogP contribution in [0.25, 0.3) is 11.3 Å².